The van der Waals surface area contributed by atoms with Crippen LogP contribution in [-0.4, -0.2) is 30.6 Å². The zero-order chi connectivity index (χ0) is 17.4. The van der Waals surface area contributed by atoms with Gasteiger partial charge in [0.1, 0.15) is 11.6 Å². The maximum Gasteiger partial charge on any atom is 0.387 e. The Kier molecular flexibility index (Phi) is 4.96. The molecule has 0 unspecified atom stereocenters. The van der Waals surface area contributed by atoms with Crippen molar-refractivity contribution >= 4 is 10.0 Å². The summed E-state index contributed by atoms with van der Waals surface area (Å²) < 4.78 is 68.3. The number of ether oxygens (including phenoxy) is 1. The predicted octanol–water partition coefficient (Wildman–Crippen LogP) is 3.69. The second-order valence-electron chi connectivity index (χ2n) is 6.48. The molecular weight excluding hydrogens is 331 g/mol. The Balaban J connectivity index is 2.39. The quantitative estimate of drug-likeness (QED) is 0.831. The van der Waals surface area contributed by atoms with Crippen molar-refractivity contribution < 1.29 is 26.3 Å². The summed E-state index contributed by atoms with van der Waals surface area (Å²) in [6.45, 7) is 2.03. The summed E-state index contributed by atoms with van der Waals surface area (Å²) in [5.74, 6) is -1.05. The van der Waals surface area contributed by atoms with E-state index in [1.54, 1.807) is 20.8 Å². The molecule has 4 nitrogen and oxygen atoms in total. The van der Waals surface area contributed by atoms with Crippen LogP contribution in [0.4, 0.5) is 13.2 Å². The van der Waals surface area contributed by atoms with Gasteiger partial charge in [-0.15, -0.1) is 0 Å². The molecule has 130 valence electrons. The molecule has 1 aliphatic heterocycles. The van der Waals surface area contributed by atoms with Crippen LogP contribution >= 0.6 is 0 Å². The minimum absolute atomic E-state index is 0.310. The molecule has 1 saturated heterocycles. The molecule has 1 atom stereocenters. The molecule has 1 heterocycles. The lowest BCUT2D eigenvalue weighted by Crippen LogP contribution is -2.42. The van der Waals surface area contributed by atoms with Crippen molar-refractivity contribution in [2.45, 2.75) is 51.0 Å². The molecule has 0 aliphatic carbocycles. The number of benzene rings is 1. The normalized spacial score (nSPS) is 20.2. The third kappa shape index (κ3) is 3.80. The van der Waals surface area contributed by atoms with Gasteiger partial charge < -0.3 is 4.74 Å². The third-order valence-corrected chi connectivity index (χ3v) is 6.39. The first kappa shape index (κ1) is 18.1. The van der Waals surface area contributed by atoms with Crippen LogP contribution in [0.5, 0.6) is 5.75 Å². The molecule has 8 heteroatoms. The van der Waals surface area contributed by atoms with E-state index in [-0.39, 0.29) is 5.75 Å². The number of rotatable bonds is 4. The molecule has 0 N–H and O–H groups in total. The largest absolute Gasteiger partial charge is 0.435 e. The minimum Gasteiger partial charge on any atom is -0.435 e. The molecule has 0 amide bonds. The van der Waals surface area contributed by atoms with Crippen molar-refractivity contribution in [1.29, 1.82) is 0 Å². The second kappa shape index (κ2) is 6.32. The molecule has 0 saturated carbocycles. The van der Waals surface area contributed by atoms with E-state index in [9.17, 15) is 21.6 Å². The van der Waals surface area contributed by atoms with Crippen LogP contribution in [0.1, 0.15) is 45.2 Å². The van der Waals surface area contributed by atoms with E-state index < -0.39 is 33.2 Å². The van der Waals surface area contributed by atoms with E-state index in [2.05, 4.69) is 4.74 Å². The van der Waals surface area contributed by atoms with E-state index in [1.165, 1.54) is 16.4 Å². The van der Waals surface area contributed by atoms with E-state index in [0.717, 1.165) is 6.07 Å². The molecule has 1 fully saturated rings. The standard InChI is InChI=1S/C15H20F3NO3S/c1-15(2,3)23(20,21)19-6-4-5-13(19)10-7-11(16)9-12(8-10)22-14(17)18/h7-9,13-14H,4-6H2,1-3H3/t13-/m1/s1. The summed E-state index contributed by atoms with van der Waals surface area (Å²) in [5.41, 5.74) is 0.325. The fourth-order valence-corrected chi connectivity index (χ4v) is 4.30. The Hall–Kier alpha value is -1.28. The zero-order valence-electron chi connectivity index (χ0n) is 13.2. The Morgan fingerprint density at radius 1 is 1.26 bits per heavy atom. The van der Waals surface area contributed by atoms with Gasteiger partial charge in [-0.3, -0.25) is 0 Å². The molecule has 1 aliphatic rings. The third-order valence-electron chi connectivity index (χ3n) is 3.79. The van der Waals surface area contributed by atoms with Crippen LogP contribution in [0, 0.1) is 5.82 Å². The Bertz CT molecular complexity index is 671. The van der Waals surface area contributed by atoms with Gasteiger partial charge in [0.2, 0.25) is 10.0 Å². The van der Waals surface area contributed by atoms with Gasteiger partial charge in [0.25, 0.3) is 0 Å². The molecule has 0 aromatic heterocycles. The van der Waals surface area contributed by atoms with Crippen molar-refractivity contribution in [3.05, 3.63) is 29.6 Å². The molecule has 0 bridgehead atoms. The Morgan fingerprint density at radius 2 is 1.91 bits per heavy atom. The average molecular weight is 351 g/mol. The van der Waals surface area contributed by atoms with Crippen molar-refractivity contribution in [3.8, 4) is 5.75 Å². The smallest absolute Gasteiger partial charge is 0.387 e. The molecule has 1 aromatic rings. The molecule has 23 heavy (non-hydrogen) atoms. The molecule has 1 aromatic carbocycles. The topological polar surface area (TPSA) is 46.6 Å². The number of alkyl halides is 2. The van der Waals surface area contributed by atoms with Gasteiger partial charge in [-0.2, -0.15) is 13.1 Å². The maximum atomic E-state index is 13.7. The lowest BCUT2D eigenvalue weighted by Gasteiger charge is -2.31. The predicted molar refractivity (Wildman–Crippen MR) is 80.4 cm³/mol. The van der Waals surface area contributed by atoms with Gasteiger partial charge in [-0.1, -0.05) is 0 Å². The zero-order valence-corrected chi connectivity index (χ0v) is 14.0. The number of nitrogens with zero attached hydrogens (tertiary/aromatic N) is 1. The molecule has 0 spiro atoms. The Morgan fingerprint density at radius 3 is 2.48 bits per heavy atom. The first-order valence-electron chi connectivity index (χ1n) is 7.29. The number of hydrogen-bond donors (Lipinski definition) is 0. The summed E-state index contributed by atoms with van der Waals surface area (Å²) >= 11 is 0. The maximum absolute atomic E-state index is 13.7. The van der Waals surface area contributed by atoms with E-state index in [0.29, 0.717) is 24.9 Å². The Labute approximate surface area is 134 Å². The van der Waals surface area contributed by atoms with Crippen LogP contribution in [0.25, 0.3) is 0 Å². The number of halogens is 3. The van der Waals surface area contributed by atoms with Crippen LogP contribution in [0.15, 0.2) is 18.2 Å². The lowest BCUT2D eigenvalue weighted by molar-refractivity contribution is -0.0500. The number of sulfonamides is 1. The summed E-state index contributed by atoms with van der Waals surface area (Å²) in [6, 6.07) is 2.72. The average Bonchev–Trinajstić information content (AvgIpc) is 2.85. The highest BCUT2D eigenvalue weighted by Crippen LogP contribution is 2.39. The molecule has 2 rings (SSSR count). The van der Waals surface area contributed by atoms with Crippen LogP contribution in [-0.2, 0) is 10.0 Å². The fraction of sp³-hybridized carbons (Fsp3) is 0.600. The second-order valence-corrected chi connectivity index (χ2v) is 9.13. The highest BCUT2D eigenvalue weighted by Gasteiger charge is 2.42. The first-order chi connectivity index (χ1) is 10.5. The van der Waals surface area contributed by atoms with Crippen molar-refractivity contribution in [1.82, 2.24) is 4.31 Å². The van der Waals surface area contributed by atoms with Gasteiger partial charge >= 0.3 is 6.61 Å². The van der Waals surface area contributed by atoms with Gasteiger partial charge in [0, 0.05) is 18.7 Å². The SMILES string of the molecule is CC(C)(C)S(=O)(=O)N1CCC[C@@H]1c1cc(F)cc(OC(F)F)c1. The highest BCUT2D eigenvalue weighted by molar-refractivity contribution is 7.90. The monoisotopic (exact) mass is 351 g/mol. The first-order valence-corrected chi connectivity index (χ1v) is 8.73. The van der Waals surface area contributed by atoms with Crippen molar-refractivity contribution in [2.75, 3.05) is 6.54 Å². The minimum atomic E-state index is -3.60. The summed E-state index contributed by atoms with van der Waals surface area (Å²) in [4.78, 5) is 0. The van der Waals surface area contributed by atoms with Gasteiger partial charge in [0.15, 0.2) is 0 Å². The van der Waals surface area contributed by atoms with E-state index in [1.807, 2.05) is 0 Å². The summed E-state index contributed by atoms with van der Waals surface area (Å²) in [5, 5.41) is 0. The van der Waals surface area contributed by atoms with E-state index in [4.69, 9.17) is 0 Å². The van der Waals surface area contributed by atoms with Gasteiger partial charge in [-0.25, -0.2) is 12.8 Å². The van der Waals surface area contributed by atoms with Crippen molar-refractivity contribution in [3.63, 3.8) is 0 Å². The summed E-state index contributed by atoms with van der Waals surface area (Å²) in [6.07, 6.45) is 1.13. The van der Waals surface area contributed by atoms with Crippen LogP contribution in [0.3, 0.4) is 0 Å². The van der Waals surface area contributed by atoms with E-state index >= 15 is 0 Å². The van der Waals surface area contributed by atoms with Gasteiger partial charge in [0.05, 0.1) is 4.75 Å². The lowest BCUT2D eigenvalue weighted by atomic mass is 10.1. The van der Waals surface area contributed by atoms with Crippen LogP contribution < -0.4 is 4.74 Å². The van der Waals surface area contributed by atoms with Crippen molar-refractivity contribution in [2.24, 2.45) is 0 Å². The molecular formula is C15H20F3NO3S. The number of hydrogen-bond acceptors (Lipinski definition) is 3. The highest BCUT2D eigenvalue weighted by atomic mass is 32.2. The van der Waals surface area contributed by atoms with Crippen LogP contribution in [0.2, 0.25) is 0 Å². The van der Waals surface area contributed by atoms with Gasteiger partial charge in [-0.05, 0) is 51.3 Å². The molecule has 0 radical (unpaired) electrons. The summed E-state index contributed by atoms with van der Waals surface area (Å²) in [7, 11) is -3.60. The fourth-order valence-electron chi connectivity index (χ4n) is 2.66.